The van der Waals surface area contributed by atoms with Crippen LogP contribution in [-0.4, -0.2) is 54.2 Å². The molecule has 1 saturated heterocycles. The van der Waals surface area contributed by atoms with Gasteiger partial charge in [-0.1, -0.05) is 0 Å². The molecular weight excluding hydrogens is 396 g/mol. The number of urea groups is 1. The topological polar surface area (TPSA) is 84.3 Å². The minimum Gasteiger partial charge on any atom is -0.356 e. The molecule has 4 rings (SSSR count). The molecule has 2 aromatic heterocycles. The Bertz CT molecular complexity index is 897. The number of rotatable bonds is 5. The number of aromatic nitrogens is 1. The molecule has 0 aromatic carbocycles. The summed E-state index contributed by atoms with van der Waals surface area (Å²) in [5.41, 5.74) is 2.01. The second-order valence-electron chi connectivity index (χ2n) is 8.07. The Labute approximate surface area is 181 Å². The number of carbonyl (C=O) groups is 1. The van der Waals surface area contributed by atoms with Crippen LogP contribution in [0, 0.1) is 11.3 Å². The Hall–Kier alpha value is -2.63. The second-order valence-corrected chi connectivity index (χ2v) is 9.07. The number of amides is 2. The van der Waals surface area contributed by atoms with Crippen molar-refractivity contribution in [2.24, 2.45) is 0 Å². The van der Waals surface area contributed by atoms with Gasteiger partial charge in [0, 0.05) is 55.9 Å². The molecule has 2 aliphatic heterocycles. The Kier molecular flexibility index (Phi) is 6.50. The summed E-state index contributed by atoms with van der Waals surface area (Å²) in [5.74, 6) is 0.890. The summed E-state index contributed by atoms with van der Waals surface area (Å²) in [6, 6.07) is 8.41. The molecule has 4 heterocycles. The predicted octanol–water partition coefficient (Wildman–Crippen LogP) is 2.73. The van der Waals surface area contributed by atoms with Crippen LogP contribution in [0.25, 0.3) is 0 Å². The number of carbonyl (C=O) groups excluding carboxylic acids is 1. The molecule has 1 atom stereocenters. The van der Waals surface area contributed by atoms with E-state index in [4.69, 9.17) is 5.26 Å². The molecule has 2 amide bonds. The number of anilines is 1. The first kappa shape index (κ1) is 20.6. The van der Waals surface area contributed by atoms with Crippen molar-refractivity contribution in [3.63, 3.8) is 0 Å². The first-order valence-electron chi connectivity index (χ1n) is 10.6. The van der Waals surface area contributed by atoms with E-state index in [2.05, 4.69) is 49.9 Å². The van der Waals surface area contributed by atoms with Crippen LogP contribution in [0.4, 0.5) is 10.6 Å². The van der Waals surface area contributed by atoms with Crippen LogP contribution >= 0.6 is 11.3 Å². The molecule has 2 aliphatic rings. The van der Waals surface area contributed by atoms with Crippen LogP contribution < -0.4 is 15.5 Å². The molecule has 1 fully saturated rings. The van der Waals surface area contributed by atoms with Crippen LogP contribution in [0.15, 0.2) is 29.8 Å². The minimum absolute atomic E-state index is 0.0787. The molecule has 1 unspecified atom stereocenters. The number of hydrogen-bond donors (Lipinski definition) is 2. The standard InChI is InChI=1S/C22H28N6OS/c1-16(28-10-6-20-18(15-28)7-11-30-20)13-25-22(29)26-19-4-8-27(9-5-19)21-3-2-17(12-23)14-24-21/h2-3,7,11,14,16,19H,4-6,8-10,13,15H2,1H3,(H2,25,26,29). The van der Waals surface area contributed by atoms with Gasteiger partial charge in [0.1, 0.15) is 11.9 Å². The number of nitrogens with one attached hydrogen (secondary N) is 2. The van der Waals surface area contributed by atoms with E-state index < -0.39 is 0 Å². The van der Waals surface area contributed by atoms with Crippen LogP contribution in [0.3, 0.4) is 0 Å². The monoisotopic (exact) mass is 424 g/mol. The fourth-order valence-corrected chi connectivity index (χ4v) is 5.03. The fraction of sp³-hybridized carbons (Fsp3) is 0.500. The van der Waals surface area contributed by atoms with Gasteiger partial charge in [0.15, 0.2) is 0 Å². The van der Waals surface area contributed by atoms with Crippen LogP contribution in [0.5, 0.6) is 0 Å². The zero-order chi connectivity index (χ0) is 20.9. The molecule has 0 saturated carbocycles. The van der Waals surface area contributed by atoms with E-state index >= 15 is 0 Å². The zero-order valence-corrected chi connectivity index (χ0v) is 18.1. The summed E-state index contributed by atoms with van der Waals surface area (Å²) in [5, 5.41) is 17.2. The highest BCUT2D eigenvalue weighted by molar-refractivity contribution is 7.10. The third-order valence-electron chi connectivity index (χ3n) is 6.05. The molecule has 2 aromatic rings. The normalized spacial score (nSPS) is 18.3. The highest BCUT2D eigenvalue weighted by Crippen LogP contribution is 2.25. The van der Waals surface area contributed by atoms with Crippen molar-refractivity contribution in [3.05, 3.63) is 45.8 Å². The van der Waals surface area contributed by atoms with E-state index in [9.17, 15) is 4.79 Å². The van der Waals surface area contributed by atoms with Crippen molar-refractivity contribution in [1.29, 1.82) is 5.26 Å². The third kappa shape index (κ3) is 4.91. The quantitative estimate of drug-likeness (QED) is 0.771. The lowest BCUT2D eigenvalue weighted by Crippen LogP contribution is -2.51. The second kappa shape index (κ2) is 9.45. The summed E-state index contributed by atoms with van der Waals surface area (Å²) >= 11 is 1.85. The maximum Gasteiger partial charge on any atom is 0.315 e. The number of thiophene rings is 1. The van der Waals surface area contributed by atoms with Crippen molar-refractivity contribution in [1.82, 2.24) is 20.5 Å². The first-order chi connectivity index (χ1) is 14.6. The smallest absolute Gasteiger partial charge is 0.315 e. The highest BCUT2D eigenvalue weighted by atomic mass is 32.1. The van der Waals surface area contributed by atoms with E-state index in [1.807, 2.05) is 17.4 Å². The number of fused-ring (bicyclic) bond motifs is 1. The van der Waals surface area contributed by atoms with Gasteiger partial charge in [-0.05, 0) is 55.3 Å². The molecule has 0 radical (unpaired) electrons. The van der Waals surface area contributed by atoms with Gasteiger partial charge in [-0.2, -0.15) is 5.26 Å². The molecule has 7 nitrogen and oxygen atoms in total. The molecule has 0 spiro atoms. The van der Waals surface area contributed by atoms with Crippen LogP contribution in [0.2, 0.25) is 0 Å². The summed E-state index contributed by atoms with van der Waals surface area (Å²) in [7, 11) is 0. The van der Waals surface area contributed by atoms with E-state index in [1.54, 1.807) is 12.3 Å². The fourth-order valence-electron chi connectivity index (χ4n) is 4.14. The zero-order valence-electron chi connectivity index (χ0n) is 17.3. The van der Waals surface area contributed by atoms with Crippen molar-refractivity contribution < 1.29 is 4.79 Å². The largest absolute Gasteiger partial charge is 0.356 e. The summed E-state index contributed by atoms with van der Waals surface area (Å²) in [6.07, 6.45) is 4.49. The Morgan fingerprint density at radius 2 is 2.17 bits per heavy atom. The molecule has 2 N–H and O–H groups in total. The van der Waals surface area contributed by atoms with Gasteiger partial charge < -0.3 is 15.5 Å². The lowest BCUT2D eigenvalue weighted by molar-refractivity contribution is 0.185. The van der Waals surface area contributed by atoms with Crippen molar-refractivity contribution >= 4 is 23.2 Å². The van der Waals surface area contributed by atoms with Gasteiger partial charge in [-0.25, -0.2) is 9.78 Å². The average molecular weight is 425 g/mol. The maximum atomic E-state index is 12.4. The van der Waals surface area contributed by atoms with Crippen molar-refractivity contribution in [3.8, 4) is 6.07 Å². The highest BCUT2D eigenvalue weighted by Gasteiger charge is 2.24. The summed E-state index contributed by atoms with van der Waals surface area (Å²) in [6.45, 7) is 6.55. The van der Waals surface area contributed by atoms with Gasteiger partial charge in [-0.3, -0.25) is 4.90 Å². The lowest BCUT2D eigenvalue weighted by atomic mass is 10.1. The van der Waals surface area contributed by atoms with Crippen molar-refractivity contribution in [2.75, 3.05) is 31.1 Å². The summed E-state index contributed by atoms with van der Waals surface area (Å²) in [4.78, 5) is 22.9. The number of nitriles is 1. The number of nitrogens with zero attached hydrogens (tertiary/aromatic N) is 4. The van der Waals surface area contributed by atoms with Crippen molar-refractivity contribution in [2.45, 2.75) is 44.8 Å². The first-order valence-corrected chi connectivity index (χ1v) is 11.4. The van der Waals surface area contributed by atoms with Gasteiger partial charge >= 0.3 is 6.03 Å². The van der Waals surface area contributed by atoms with Gasteiger partial charge in [0.25, 0.3) is 0 Å². The van der Waals surface area contributed by atoms with Gasteiger partial charge in [0.2, 0.25) is 0 Å². The Morgan fingerprint density at radius 1 is 1.33 bits per heavy atom. The molecule has 30 heavy (non-hydrogen) atoms. The molecular formula is C22H28N6OS. The van der Waals surface area contributed by atoms with Gasteiger partial charge in [0.05, 0.1) is 5.56 Å². The minimum atomic E-state index is -0.0787. The number of pyridine rings is 1. The van der Waals surface area contributed by atoms with Crippen LogP contribution in [0.1, 0.15) is 35.8 Å². The molecule has 0 bridgehead atoms. The lowest BCUT2D eigenvalue weighted by Gasteiger charge is -2.34. The predicted molar refractivity (Wildman–Crippen MR) is 119 cm³/mol. The molecule has 8 heteroatoms. The number of hydrogen-bond acceptors (Lipinski definition) is 6. The summed E-state index contributed by atoms with van der Waals surface area (Å²) < 4.78 is 0. The van der Waals surface area contributed by atoms with E-state index in [1.165, 1.54) is 10.4 Å². The SMILES string of the molecule is CC(CNC(=O)NC1CCN(c2ccc(C#N)cn2)CC1)N1CCc2sccc2C1. The average Bonchev–Trinajstić information content (AvgIpc) is 3.26. The maximum absolute atomic E-state index is 12.4. The third-order valence-corrected chi connectivity index (χ3v) is 7.07. The Balaban J connectivity index is 1.17. The van der Waals surface area contributed by atoms with Gasteiger partial charge in [-0.15, -0.1) is 11.3 Å². The molecule has 158 valence electrons. The van der Waals surface area contributed by atoms with E-state index in [-0.39, 0.29) is 12.1 Å². The van der Waals surface area contributed by atoms with Crippen LogP contribution in [-0.2, 0) is 13.0 Å². The van der Waals surface area contributed by atoms with E-state index in [0.29, 0.717) is 18.2 Å². The van der Waals surface area contributed by atoms with E-state index in [0.717, 1.165) is 51.3 Å². The molecule has 0 aliphatic carbocycles. The number of piperidine rings is 1. The Morgan fingerprint density at radius 3 is 2.90 bits per heavy atom.